The lowest BCUT2D eigenvalue weighted by molar-refractivity contribution is -0.146. The number of hydrogen-bond acceptors (Lipinski definition) is 4. The van der Waals surface area contributed by atoms with Crippen LogP contribution in [0, 0.1) is 5.92 Å². The Bertz CT molecular complexity index is 358. The van der Waals surface area contributed by atoms with Gasteiger partial charge in [-0.25, -0.2) is 4.79 Å². The number of hydrogen-bond donors (Lipinski definition) is 1. The average molecular weight is 257 g/mol. The zero-order valence-corrected chi connectivity index (χ0v) is 10.9. The number of carboxylic acids is 1. The Labute approximate surface area is 106 Å². The highest BCUT2D eigenvalue weighted by molar-refractivity contribution is 6.00. The number of Topliss-reactive ketones (excluding diaryl/α,β-unsaturated/α-hetero) is 1. The van der Waals surface area contributed by atoms with Crippen LogP contribution in [0.3, 0.4) is 0 Å². The van der Waals surface area contributed by atoms with E-state index in [9.17, 15) is 14.4 Å². The summed E-state index contributed by atoms with van der Waals surface area (Å²) in [6.45, 7) is 5.39. The van der Waals surface area contributed by atoms with Gasteiger partial charge in [0.25, 0.3) is 0 Å². The second kappa shape index (κ2) is 5.37. The molecule has 1 aliphatic heterocycles. The van der Waals surface area contributed by atoms with Crippen LogP contribution in [0.2, 0.25) is 0 Å². The summed E-state index contributed by atoms with van der Waals surface area (Å²) >= 11 is 0. The molecule has 6 heteroatoms. The highest BCUT2D eigenvalue weighted by Crippen LogP contribution is 2.17. The van der Waals surface area contributed by atoms with Gasteiger partial charge in [0.05, 0.1) is 6.54 Å². The summed E-state index contributed by atoms with van der Waals surface area (Å²) in [5, 5.41) is 8.89. The van der Waals surface area contributed by atoms with E-state index in [2.05, 4.69) is 0 Å². The second-order valence-corrected chi connectivity index (χ2v) is 5.40. The zero-order chi connectivity index (χ0) is 13.9. The van der Waals surface area contributed by atoms with E-state index in [0.29, 0.717) is 13.0 Å². The summed E-state index contributed by atoms with van der Waals surface area (Å²) in [4.78, 5) is 35.6. The van der Waals surface area contributed by atoms with Crippen molar-refractivity contribution in [3.63, 3.8) is 0 Å². The fourth-order valence-electron chi connectivity index (χ4n) is 1.77. The van der Waals surface area contributed by atoms with Gasteiger partial charge >= 0.3 is 12.1 Å². The number of ether oxygens (including phenoxy) is 1. The molecule has 0 aliphatic carbocycles. The monoisotopic (exact) mass is 257 g/mol. The van der Waals surface area contributed by atoms with E-state index in [1.54, 1.807) is 20.8 Å². The minimum Gasteiger partial charge on any atom is -0.481 e. The van der Waals surface area contributed by atoms with Gasteiger partial charge in [0, 0.05) is 6.54 Å². The van der Waals surface area contributed by atoms with Crippen LogP contribution in [0.15, 0.2) is 0 Å². The fraction of sp³-hybridized carbons (Fsp3) is 0.750. The Hall–Kier alpha value is -1.59. The summed E-state index contributed by atoms with van der Waals surface area (Å²) in [5.41, 5.74) is -0.626. The molecule has 1 unspecified atom stereocenters. The van der Waals surface area contributed by atoms with Crippen LogP contribution in [0.4, 0.5) is 4.79 Å². The third kappa shape index (κ3) is 4.01. The van der Waals surface area contributed by atoms with E-state index in [0.717, 1.165) is 0 Å². The molecule has 1 heterocycles. The number of likely N-dealkylation sites (tertiary alicyclic amines) is 1. The van der Waals surface area contributed by atoms with Crippen molar-refractivity contribution >= 4 is 17.8 Å². The molecule has 1 aliphatic rings. The van der Waals surface area contributed by atoms with Crippen molar-refractivity contribution in [2.24, 2.45) is 5.92 Å². The van der Waals surface area contributed by atoms with Crippen LogP contribution in [-0.4, -0.2) is 46.5 Å². The number of ketones is 1. The molecule has 0 aromatic heterocycles. The molecule has 0 saturated carbocycles. The quantitative estimate of drug-likeness (QED) is 0.715. The van der Waals surface area contributed by atoms with E-state index in [4.69, 9.17) is 9.84 Å². The number of rotatable bonds is 1. The van der Waals surface area contributed by atoms with Crippen molar-refractivity contribution in [3.8, 4) is 0 Å². The van der Waals surface area contributed by atoms with E-state index < -0.39 is 29.4 Å². The first-order valence-electron chi connectivity index (χ1n) is 5.94. The lowest BCUT2D eigenvalue weighted by Crippen LogP contribution is -2.40. The molecule has 1 rings (SSSR count). The Morgan fingerprint density at radius 2 is 2.00 bits per heavy atom. The van der Waals surface area contributed by atoms with Gasteiger partial charge < -0.3 is 14.7 Å². The largest absolute Gasteiger partial charge is 0.481 e. The zero-order valence-electron chi connectivity index (χ0n) is 10.9. The lowest BCUT2D eigenvalue weighted by atomic mass is 10.0. The number of amides is 1. The number of aliphatic carboxylic acids is 1. The third-order valence-electron chi connectivity index (χ3n) is 2.61. The smallest absolute Gasteiger partial charge is 0.410 e. The van der Waals surface area contributed by atoms with E-state index in [1.807, 2.05) is 0 Å². The summed E-state index contributed by atoms with van der Waals surface area (Å²) in [6, 6.07) is 0. The van der Waals surface area contributed by atoms with Crippen molar-refractivity contribution in [2.75, 3.05) is 13.1 Å². The summed E-state index contributed by atoms with van der Waals surface area (Å²) in [5.74, 6) is -2.56. The Kier molecular flexibility index (Phi) is 4.32. The van der Waals surface area contributed by atoms with Crippen LogP contribution in [0.1, 0.15) is 33.6 Å². The van der Waals surface area contributed by atoms with Crippen LogP contribution in [0.25, 0.3) is 0 Å². The SMILES string of the molecule is CC(C)(C)OC(=O)N1CCCC(C(=O)O)C(=O)C1. The van der Waals surface area contributed by atoms with Crippen LogP contribution in [0.5, 0.6) is 0 Å². The standard InChI is InChI=1S/C12H19NO5/c1-12(2,3)18-11(17)13-6-4-5-8(10(15)16)9(14)7-13/h8H,4-7H2,1-3H3,(H,15,16). The maximum Gasteiger partial charge on any atom is 0.410 e. The van der Waals surface area contributed by atoms with Gasteiger partial charge in [-0.3, -0.25) is 9.59 Å². The minimum absolute atomic E-state index is 0.189. The van der Waals surface area contributed by atoms with Gasteiger partial charge in [-0.2, -0.15) is 0 Å². The van der Waals surface area contributed by atoms with Crippen molar-refractivity contribution in [1.82, 2.24) is 4.90 Å². The van der Waals surface area contributed by atoms with Gasteiger partial charge in [-0.15, -0.1) is 0 Å². The third-order valence-corrected chi connectivity index (χ3v) is 2.61. The molecule has 1 atom stereocenters. The Balaban J connectivity index is 2.68. The van der Waals surface area contributed by atoms with Crippen molar-refractivity contribution in [2.45, 2.75) is 39.2 Å². The fourth-order valence-corrected chi connectivity index (χ4v) is 1.77. The normalized spacial score (nSPS) is 21.4. The number of carbonyl (C=O) groups is 3. The van der Waals surface area contributed by atoms with Gasteiger partial charge in [0.1, 0.15) is 11.5 Å². The topological polar surface area (TPSA) is 83.9 Å². The first-order chi connectivity index (χ1) is 8.20. The Morgan fingerprint density at radius 1 is 1.39 bits per heavy atom. The molecule has 0 bridgehead atoms. The number of nitrogens with zero attached hydrogens (tertiary/aromatic N) is 1. The van der Waals surface area contributed by atoms with Crippen LogP contribution in [-0.2, 0) is 14.3 Å². The first-order valence-corrected chi connectivity index (χ1v) is 5.94. The molecule has 102 valence electrons. The van der Waals surface area contributed by atoms with E-state index in [-0.39, 0.29) is 13.0 Å². The van der Waals surface area contributed by atoms with Crippen molar-refractivity contribution in [3.05, 3.63) is 0 Å². The van der Waals surface area contributed by atoms with Crippen LogP contribution < -0.4 is 0 Å². The lowest BCUT2D eigenvalue weighted by Gasteiger charge is -2.25. The molecule has 18 heavy (non-hydrogen) atoms. The maximum atomic E-state index is 11.8. The molecule has 1 fully saturated rings. The molecule has 0 aromatic rings. The van der Waals surface area contributed by atoms with E-state index >= 15 is 0 Å². The molecule has 6 nitrogen and oxygen atoms in total. The summed E-state index contributed by atoms with van der Waals surface area (Å²) in [6.07, 6.45) is 0.192. The predicted octanol–water partition coefficient (Wildman–Crippen LogP) is 1.29. The van der Waals surface area contributed by atoms with E-state index in [1.165, 1.54) is 4.90 Å². The van der Waals surface area contributed by atoms with Gasteiger partial charge in [-0.05, 0) is 33.6 Å². The molecule has 0 radical (unpaired) electrons. The number of carbonyl (C=O) groups excluding carboxylic acids is 2. The van der Waals surface area contributed by atoms with Gasteiger partial charge in [-0.1, -0.05) is 0 Å². The molecule has 0 spiro atoms. The summed E-state index contributed by atoms with van der Waals surface area (Å²) in [7, 11) is 0. The molecule has 0 aromatic carbocycles. The highest BCUT2D eigenvalue weighted by atomic mass is 16.6. The van der Waals surface area contributed by atoms with Crippen molar-refractivity contribution < 1.29 is 24.2 Å². The molecular formula is C12H19NO5. The highest BCUT2D eigenvalue weighted by Gasteiger charge is 2.33. The summed E-state index contributed by atoms with van der Waals surface area (Å²) < 4.78 is 5.16. The Morgan fingerprint density at radius 3 is 2.50 bits per heavy atom. The number of carboxylic acid groups (broad SMARTS) is 1. The first kappa shape index (κ1) is 14.5. The second-order valence-electron chi connectivity index (χ2n) is 5.40. The van der Waals surface area contributed by atoms with Gasteiger partial charge in [0.15, 0.2) is 5.78 Å². The maximum absolute atomic E-state index is 11.8. The molecular weight excluding hydrogens is 238 g/mol. The molecule has 1 saturated heterocycles. The van der Waals surface area contributed by atoms with Crippen LogP contribution >= 0.6 is 0 Å². The molecule has 1 amide bonds. The predicted molar refractivity (Wildman–Crippen MR) is 63.2 cm³/mol. The van der Waals surface area contributed by atoms with Crippen molar-refractivity contribution in [1.29, 1.82) is 0 Å². The minimum atomic E-state index is -1.12. The average Bonchev–Trinajstić information content (AvgIpc) is 2.37. The van der Waals surface area contributed by atoms with Gasteiger partial charge in [0.2, 0.25) is 0 Å². The molecule has 1 N–H and O–H groups in total.